The molecular formula is C17H22N4O2S. The standard InChI is InChI=1S/C17H22N4O2S/c1-11-7-9-24-15(11)16(22)18-13-4-5-14-19-21(10-12-2-3-12)17(23)20(14)8-6-13/h7,9,12-13H,2-6,8,10H2,1H3,(H,18,22). The summed E-state index contributed by atoms with van der Waals surface area (Å²) in [5, 5.41) is 9.59. The molecule has 2 aromatic heterocycles. The highest BCUT2D eigenvalue weighted by Crippen LogP contribution is 2.30. The quantitative estimate of drug-likeness (QED) is 0.920. The van der Waals surface area contributed by atoms with Gasteiger partial charge in [-0.1, -0.05) is 0 Å². The Morgan fingerprint density at radius 1 is 1.38 bits per heavy atom. The summed E-state index contributed by atoms with van der Waals surface area (Å²) in [4.78, 5) is 25.6. The van der Waals surface area contributed by atoms with Gasteiger partial charge in [0.15, 0.2) is 0 Å². The molecule has 0 saturated heterocycles. The van der Waals surface area contributed by atoms with Gasteiger partial charge in [-0.3, -0.25) is 9.36 Å². The molecular weight excluding hydrogens is 324 g/mol. The van der Waals surface area contributed by atoms with E-state index in [0.29, 0.717) is 12.5 Å². The molecule has 24 heavy (non-hydrogen) atoms. The van der Waals surface area contributed by atoms with Gasteiger partial charge in [-0.25, -0.2) is 9.48 Å². The van der Waals surface area contributed by atoms with Crippen LogP contribution in [0.2, 0.25) is 0 Å². The zero-order chi connectivity index (χ0) is 16.7. The summed E-state index contributed by atoms with van der Waals surface area (Å²) in [6, 6.07) is 2.06. The second kappa shape index (κ2) is 6.20. The summed E-state index contributed by atoms with van der Waals surface area (Å²) in [7, 11) is 0. The number of aromatic nitrogens is 3. The average Bonchev–Trinajstić information content (AvgIpc) is 3.24. The van der Waals surface area contributed by atoms with E-state index in [2.05, 4.69) is 10.4 Å². The molecule has 1 saturated carbocycles. The van der Waals surface area contributed by atoms with Gasteiger partial charge in [-0.15, -0.1) is 11.3 Å². The number of hydrogen-bond acceptors (Lipinski definition) is 4. The monoisotopic (exact) mass is 346 g/mol. The van der Waals surface area contributed by atoms with Crippen LogP contribution in [0.25, 0.3) is 0 Å². The fourth-order valence-electron chi connectivity index (χ4n) is 3.29. The first-order valence-electron chi connectivity index (χ1n) is 8.63. The molecule has 1 aliphatic heterocycles. The lowest BCUT2D eigenvalue weighted by Crippen LogP contribution is -2.35. The zero-order valence-corrected chi connectivity index (χ0v) is 14.6. The number of nitrogens with zero attached hydrogens (tertiary/aromatic N) is 3. The molecule has 1 atom stereocenters. The Balaban J connectivity index is 1.42. The van der Waals surface area contributed by atoms with Crippen LogP contribution < -0.4 is 11.0 Å². The second-order valence-corrected chi connectivity index (χ2v) is 7.82. The third-order valence-electron chi connectivity index (χ3n) is 4.95. The lowest BCUT2D eigenvalue weighted by molar-refractivity contribution is 0.0936. The molecule has 1 fully saturated rings. The van der Waals surface area contributed by atoms with Gasteiger partial charge in [0.05, 0.1) is 4.88 Å². The Bertz CT molecular complexity index is 815. The van der Waals surface area contributed by atoms with E-state index >= 15 is 0 Å². The maximum Gasteiger partial charge on any atom is 0.345 e. The summed E-state index contributed by atoms with van der Waals surface area (Å²) < 4.78 is 3.44. The highest BCUT2D eigenvalue weighted by molar-refractivity contribution is 7.12. The lowest BCUT2D eigenvalue weighted by atomic mass is 10.1. The maximum absolute atomic E-state index is 12.5. The first kappa shape index (κ1) is 15.6. The van der Waals surface area contributed by atoms with Crippen molar-refractivity contribution in [3.05, 3.63) is 38.2 Å². The summed E-state index contributed by atoms with van der Waals surface area (Å²) in [5.41, 5.74) is 1.03. The smallest absolute Gasteiger partial charge is 0.345 e. The van der Waals surface area contributed by atoms with Crippen LogP contribution in [0, 0.1) is 12.8 Å². The van der Waals surface area contributed by atoms with Crippen LogP contribution in [0.4, 0.5) is 0 Å². The van der Waals surface area contributed by atoms with E-state index in [-0.39, 0.29) is 17.6 Å². The van der Waals surface area contributed by atoms with Crippen LogP contribution >= 0.6 is 11.3 Å². The topological polar surface area (TPSA) is 68.9 Å². The SMILES string of the molecule is Cc1ccsc1C(=O)NC1CCc2nn(CC3CC3)c(=O)n2CC1. The summed E-state index contributed by atoms with van der Waals surface area (Å²) in [5.74, 6) is 1.51. The Labute approximate surface area is 144 Å². The Kier molecular flexibility index (Phi) is 4.04. The molecule has 4 rings (SSSR count). The van der Waals surface area contributed by atoms with E-state index in [0.717, 1.165) is 42.1 Å². The van der Waals surface area contributed by atoms with Crippen molar-refractivity contribution in [3.63, 3.8) is 0 Å². The second-order valence-electron chi connectivity index (χ2n) is 6.91. The third-order valence-corrected chi connectivity index (χ3v) is 5.96. The Hall–Kier alpha value is -1.89. The van der Waals surface area contributed by atoms with Crippen LogP contribution in [0.5, 0.6) is 0 Å². The van der Waals surface area contributed by atoms with Crippen LogP contribution in [0.3, 0.4) is 0 Å². The number of carbonyl (C=O) groups excluding carboxylic acids is 1. The van der Waals surface area contributed by atoms with Gasteiger partial charge in [0, 0.05) is 25.6 Å². The number of nitrogens with one attached hydrogen (secondary N) is 1. The number of aryl methyl sites for hydroxylation is 2. The number of hydrogen-bond donors (Lipinski definition) is 1. The average molecular weight is 346 g/mol. The van der Waals surface area contributed by atoms with Gasteiger partial charge in [-0.2, -0.15) is 5.10 Å². The summed E-state index contributed by atoms with van der Waals surface area (Å²) >= 11 is 1.47. The highest BCUT2D eigenvalue weighted by Gasteiger charge is 2.26. The summed E-state index contributed by atoms with van der Waals surface area (Å²) in [6.45, 7) is 3.35. The van der Waals surface area contributed by atoms with Crippen molar-refractivity contribution in [1.82, 2.24) is 19.7 Å². The normalized spacial score (nSPS) is 20.5. The van der Waals surface area contributed by atoms with E-state index in [1.165, 1.54) is 24.2 Å². The fraction of sp³-hybridized carbons (Fsp3) is 0.588. The van der Waals surface area contributed by atoms with E-state index in [1.807, 2.05) is 18.4 Å². The molecule has 128 valence electrons. The fourth-order valence-corrected chi connectivity index (χ4v) is 4.12. The number of carbonyl (C=O) groups is 1. The zero-order valence-electron chi connectivity index (χ0n) is 13.8. The van der Waals surface area contributed by atoms with Crippen LogP contribution in [0.1, 0.15) is 46.7 Å². The van der Waals surface area contributed by atoms with Crippen LogP contribution in [0.15, 0.2) is 16.2 Å². The molecule has 7 heteroatoms. The molecule has 1 unspecified atom stereocenters. The molecule has 2 aromatic rings. The Morgan fingerprint density at radius 3 is 2.92 bits per heavy atom. The molecule has 2 aliphatic rings. The van der Waals surface area contributed by atoms with Crippen LogP contribution in [-0.2, 0) is 19.5 Å². The van der Waals surface area contributed by atoms with Crippen molar-refractivity contribution in [1.29, 1.82) is 0 Å². The molecule has 0 aromatic carbocycles. The maximum atomic E-state index is 12.5. The van der Waals surface area contributed by atoms with Crippen molar-refractivity contribution in [2.45, 2.75) is 58.2 Å². The van der Waals surface area contributed by atoms with Gasteiger partial charge < -0.3 is 5.32 Å². The summed E-state index contributed by atoms with van der Waals surface area (Å²) in [6.07, 6.45) is 4.77. The lowest BCUT2D eigenvalue weighted by Gasteiger charge is -2.15. The van der Waals surface area contributed by atoms with Crippen molar-refractivity contribution >= 4 is 17.2 Å². The molecule has 1 N–H and O–H groups in total. The van der Waals surface area contributed by atoms with Crippen molar-refractivity contribution in [2.75, 3.05) is 0 Å². The van der Waals surface area contributed by atoms with E-state index in [1.54, 1.807) is 9.25 Å². The van der Waals surface area contributed by atoms with E-state index in [9.17, 15) is 9.59 Å². The van der Waals surface area contributed by atoms with E-state index in [4.69, 9.17) is 0 Å². The molecule has 1 amide bonds. The largest absolute Gasteiger partial charge is 0.349 e. The van der Waals surface area contributed by atoms with Gasteiger partial charge in [0.1, 0.15) is 5.82 Å². The first-order chi connectivity index (χ1) is 11.6. The van der Waals surface area contributed by atoms with Gasteiger partial charge in [0.2, 0.25) is 0 Å². The Morgan fingerprint density at radius 2 is 2.21 bits per heavy atom. The molecule has 1 aliphatic carbocycles. The molecule has 0 bridgehead atoms. The van der Waals surface area contributed by atoms with Crippen LogP contribution in [-0.4, -0.2) is 26.3 Å². The van der Waals surface area contributed by atoms with Gasteiger partial charge >= 0.3 is 5.69 Å². The minimum Gasteiger partial charge on any atom is -0.349 e. The third kappa shape index (κ3) is 3.05. The van der Waals surface area contributed by atoms with Gasteiger partial charge in [-0.05, 0) is 55.5 Å². The molecule has 0 radical (unpaired) electrons. The predicted octanol–water partition coefficient (Wildman–Crippen LogP) is 1.96. The number of amides is 1. The minimum absolute atomic E-state index is 0.00168. The molecule has 3 heterocycles. The van der Waals surface area contributed by atoms with Gasteiger partial charge in [0.25, 0.3) is 5.91 Å². The predicted molar refractivity (Wildman–Crippen MR) is 92.5 cm³/mol. The molecule has 6 nitrogen and oxygen atoms in total. The number of thiophene rings is 1. The van der Waals surface area contributed by atoms with Crippen molar-refractivity contribution in [3.8, 4) is 0 Å². The first-order valence-corrected chi connectivity index (χ1v) is 9.51. The number of rotatable bonds is 4. The minimum atomic E-state index is -0.00168. The molecule has 0 spiro atoms. The number of fused-ring (bicyclic) bond motifs is 1. The van der Waals surface area contributed by atoms with E-state index < -0.39 is 0 Å². The van der Waals surface area contributed by atoms with Crippen molar-refractivity contribution in [2.24, 2.45) is 5.92 Å². The highest BCUT2D eigenvalue weighted by atomic mass is 32.1. The van der Waals surface area contributed by atoms with Crippen molar-refractivity contribution < 1.29 is 4.79 Å².